The Bertz CT molecular complexity index is 1150. The van der Waals surface area contributed by atoms with E-state index in [1.165, 1.54) is 17.2 Å². The van der Waals surface area contributed by atoms with E-state index >= 15 is 0 Å². The molecule has 8 heteroatoms. The summed E-state index contributed by atoms with van der Waals surface area (Å²) in [5, 5.41) is 3.11. The van der Waals surface area contributed by atoms with Gasteiger partial charge in [-0.25, -0.2) is 4.79 Å². The Kier molecular flexibility index (Phi) is 6.06. The van der Waals surface area contributed by atoms with Crippen molar-refractivity contribution in [1.82, 2.24) is 14.5 Å². The number of furan rings is 1. The molecule has 0 aliphatic heterocycles. The van der Waals surface area contributed by atoms with E-state index in [0.717, 1.165) is 29.5 Å². The Hall–Kier alpha value is -3.55. The molecule has 162 valence electrons. The van der Waals surface area contributed by atoms with Gasteiger partial charge in [0.05, 0.1) is 12.8 Å². The molecular formula is C23H26N4O4. The van der Waals surface area contributed by atoms with Crippen molar-refractivity contribution in [1.29, 1.82) is 0 Å². The molecule has 0 atom stereocenters. The van der Waals surface area contributed by atoms with Gasteiger partial charge < -0.3 is 14.6 Å². The number of amides is 1. The number of nitrogens with one attached hydrogen (secondary N) is 2. The summed E-state index contributed by atoms with van der Waals surface area (Å²) in [7, 11) is 1.70. The maximum Gasteiger partial charge on any atom is 0.329 e. The lowest BCUT2D eigenvalue weighted by Crippen LogP contribution is -2.35. The molecular weight excluding hydrogens is 396 g/mol. The van der Waals surface area contributed by atoms with Crippen molar-refractivity contribution in [3.8, 4) is 0 Å². The van der Waals surface area contributed by atoms with Gasteiger partial charge in [0, 0.05) is 31.8 Å². The number of aryl methyl sites for hydroxylation is 2. The molecule has 2 aromatic heterocycles. The van der Waals surface area contributed by atoms with E-state index in [0.29, 0.717) is 24.5 Å². The molecule has 0 bridgehead atoms. The molecule has 0 radical (unpaired) electrons. The van der Waals surface area contributed by atoms with Gasteiger partial charge in [-0.05, 0) is 61.1 Å². The molecule has 3 aromatic rings. The van der Waals surface area contributed by atoms with Crippen LogP contribution < -0.4 is 16.6 Å². The Morgan fingerprint density at radius 3 is 2.81 bits per heavy atom. The first-order valence-electron chi connectivity index (χ1n) is 10.5. The van der Waals surface area contributed by atoms with Crippen molar-refractivity contribution in [2.24, 2.45) is 0 Å². The van der Waals surface area contributed by atoms with E-state index in [1.807, 2.05) is 6.07 Å². The summed E-state index contributed by atoms with van der Waals surface area (Å²) >= 11 is 0. The zero-order valence-corrected chi connectivity index (χ0v) is 17.5. The van der Waals surface area contributed by atoms with Gasteiger partial charge in [0.2, 0.25) is 5.91 Å². The number of fused-ring (bicyclic) bond motifs is 1. The fraction of sp³-hybridized carbons (Fsp3) is 0.348. The highest BCUT2D eigenvalue weighted by atomic mass is 16.3. The molecule has 1 amide bonds. The molecule has 0 saturated heterocycles. The van der Waals surface area contributed by atoms with Crippen molar-refractivity contribution in [3.63, 3.8) is 0 Å². The highest BCUT2D eigenvalue weighted by molar-refractivity contribution is 5.75. The molecule has 0 saturated carbocycles. The fourth-order valence-corrected chi connectivity index (χ4v) is 3.91. The molecule has 0 unspecified atom stereocenters. The SMILES string of the molecule is CN(Cc1ccco1)C(=O)CCCn1c(=O)cc(Nc2ccc3c(c2)CCC3)[nH]c1=O. The van der Waals surface area contributed by atoms with Crippen molar-refractivity contribution in [2.45, 2.75) is 45.2 Å². The molecule has 8 nitrogen and oxygen atoms in total. The average molecular weight is 422 g/mol. The number of anilines is 2. The summed E-state index contributed by atoms with van der Waals surface area (Å²) < 4.78 is 6.36. The summed E-state index contributed by atoms with van der Waals surface area (Å²) in [5.74, 6) is 0.990. The number of hydrogen-bond acceptors (Lipinski definition) is 5. The fourth-order valence-electron chi connectivity index (χ4n) is 3.91. The van der Waals surface area contributed by atoms with Crippen LogP contribution in [0.25, 0.3) is 0 Å². The minimum atomic E-state index is -0.493. The number of nitrogens with zero attached hydrogens (tertiary/aromatic N) is 2. The van der Waals surface area contributed by atoms with Crippen molar-refractivity contribution < 1.29 is 9.21 Å². The first kappa shape index (κ1) is 20.7. The summed E-state index contributed by atoms with van der Waals surface area (Å²) in [5.41, 5.74) is 2.62. The number of carbonyl (C=O) groups is 1. The Labute approximate surface area is 179 Å². The van der Waals surface area contributed by atoms with Gasteiger partial charge in [0.25, 0.3) is 5.56 Å². The van der Waals surface area contributed by atoms with Crippen LogP contribution in [-0.4, -0.2) is 27.4 Å². The second-order valence-electron chi connectivity index (χ2n) is 7.87. The lowest BCUT2D eigenvalue weighted by molar-refractivity contribution is -0.130. The number of benzene rings is 1. The minimum absolute atomic E-state index is 0.0734. The van der Waals surface area contributed by atoms with E-state index in [1.54, 1.807) is 30.3 Å². The van der Waals surface area contributed by atoms with Crippen LogP contribution in [0, 0.1) is 0 Å². The zero-order chi connectivity index (χ0) is 21.8. The highest BCUT2D eigenvalue weighted by Gasteiger charge is 2.13. The van der Waals surface area contributed by atoms with Crippen LogP contribution in [0.15, 0.2) is 56.7 Å². The predicted molar refractivity (Wildman–Crippen MR) is 117 cm³/mol. The first-order chi connectivity index (χ1) is 15.0. The Morgan fingerprint density at radius 1 is 1.19 bits per heavy atom. The van der Waals surface area contributed by atoms with Crippen LogP contribution in [-0.2, 0) is 30.7 Å². The zero-order valence-electron chi connectivity index (χ0n) is 17.5. The molecule has 1 aromatic carbocycles. The maximum absolute atomic E-state index is 12.5. The van der Waals surface area contributed by atoms with Crippen molar-refractivity contribution >= 4 is 17.4 Å². The lowest BCUT2D eigenvalue weighted by Gasteiger charge is -2.15. The molecule has 2 N–H and O–H groups in total. The van der Waals surface area contributed by atoms with Gasteiger partial charge in [-0.2, -0.15) is 0 Å². The van der Waals surface area contributed by atoms with Crippen LogP contribution >= 0.6 is 0 Å². The van der Waals surface area contributed by atoms with Crippen LogP contribution in [0.3, 0.4) is 0 Å². The monoisotopic (exact) mass is 422 g/mol. The summed E-state index contributed by atoms with van der Waals surface area (Å²) in [4.78, 5) is 41.4. The number of rotatable bonds is 8. The quantitative estimate of drug-likeness (QED) is 0.581. The molecule has 4 rings (SSSR count). The standard InChI is InChI=1S/C23H26N4O4/c1-26(15-19-7-4-12-31-19)21(28)8-3-11-27-22(29)14-20(25-23(27)30)24-18-10-9-16-5-2-6-17(16)13-18/h4,7,9-10,12-14,24H,2-3,5-6,8,11,15H2,1H3,(H,25,30). The Balaban J connectivity index is 1.34. The first-order valence-corrected chi connectivity index (χ1v) is 10.5. The van der Waals surface area contributed by atoms with E-state index in [-0.39, 0.29) is 18.9 Å². The second-order valence-corrected chi connectivity index (χ2v) is 7.87. The number of carbonyl (C=O) groups excluding carboxylic acids is 1. The molecule has 1 aliphatic rings. The van der Waals surface area contributed by atoms with E-state index < -0.39 is 11.2 Å². The summed E-state index contributed by atoms with van der Waals surface area (Å²) in [6.45, 7) is 0.559. The normalized spacial score (nSPS) is 12.5. The topological polar surface area (TPSA) is 100 Å². The number of aromatic amines is 1. The molecule has 2 heterocycles. The van der Waals surface area contributed by atoms with Gasteiger partial charge in [-0.3, -0.25) is 19.1 Å². The lowest BCUT2D eigenvalue weighted by atomic mass is 10.1. The van der Waals surface area contributed by atoms with E-state index in [4.69, 9.17) is 4.42 Å². The van der Waals surface area contributed by atoms with Crippen LogP contribution in [0.2, 0.25) is 0 Å². The maximum atomic E-state index is 12.5. The summed E-state index contributed by atoms with van der Waals surface area (Å²) in [6.07, 6.45) is 5.50. The van der Waals surface area contributed by atoms with Crippen molar-refractivity contribution in [2.75, 3.05) is 12.4 Å². The number of H-pyrrole nitrogens is 1. The summed E-state index contributed by atoms with van der Waals surface area (Å²) in [6, 6.07) is 11.1. The van der Waals surface area contributed by atoms with Gasteiger partial charge in [-0.1, -0.05) is 6.07 Å². The van der Waals surface area contributed by atoms with Crippen molar-refractivity contribution in [3.05, 3.63) is 80.4 Å². The van der Waals surface area contributed by atoms with E-state index in [9.17, 15) is 14.4 Å². The number of hydrogen-bond donors (Lipinski definition) is 2. The van der Waals surface area contributed by atoms with Crippen LogP contribution in [0.4, 0.5) is 11.5 Å². The smallest absolute Gasteiger partial charge is 0.329 e. The molecule has 0 spiro atoms. The van der Waals surface area contributed by atoms with Crippen LogP contribution in [0.5, 0.6) is 0 Å². The van der Waals surface area contributed by atoms with Crippen LogP contribution in [0.1, 0.15) is 36.1 Å². The van der Waals surface area contributed by atoms with Gasteiger partial charge in [0.15, 0.2) is 0 Å². The third kappa shape index (κ3) is 4.96. The molecule has 0 fully saturated rings. The Morgan fingerprint density at radius 2 is 2.03 bits per heavy atom. The average Bonchev–Trinajstić information content (AvgIpc) is 3.41. The highest BCUT2D eigenvalue weighted by Crippen LogP contribution is 2.25. The van der Waals surface area contributed by atoms with Gasteiger partial charge in [-0.15, -0.1) is 0 Å². The molecule has 1 aliphatic carbocycles. The largest absolute Gasteiger partial charge is 0.467 e. The van der Waals surface area contributed by atoms with Gasteiger partial charge in [0.1, 0.15) is 11.6 Å². The van der Waals surface area contributed by atoms with Gasteiger partial charge >= 0.3 is 5.69 Å². The predicted octanol–water partition coefficient (Wildman–Crippen LogP) is 2.80. The molecule has 31 heavy (non-hydrogen) atoms. The third-order valence-electron chi connectivity index (χ3n) is 5.57. The van der Waals surface area contributed by atoms with E-state index in [2.05, 4.69) is 22.4 Å². The minimum Gasteiger partial charge on any atom is -0.467 e. The third-order valence-corrected chi connectivity index (χ3v) is 5.57. The second kappa shape index (κ2) is 9.07. The number of aromatic nitrogens is 2.